The van der Waals surface area contributed by atoms with Crippen molar-refractivity contribution in [2.75, 3.05) is 4.31 Å². The topological polar surface area (TPSA) is 74.7 Å². The molecule has 0 fully saturated rings. The van der Waals surface area contributed by atoms with E-state index in [0.717, 1.165) is 56.1 Å². The Morgan fingerprint density at radius 1 is 1.03 bits per heavy atom. The summed E-state index contributed by atoms with van der Waals surface area (Å²) in [5, 5.41) is 10.2. The Hall–Kier alpha value is -2.44. The molecular formula is C24H18F4NNaO4S2. The molecule has 3 aromatic carbocycles. The average Bonchev–Trinajstić information content (AvgIpc) is 3.13. The molecule has 0 unspecified atom stereocenters. The van der Waals surface area contributed by atoms with E-state index in [0.29, 0.717) is 17.7 Å². The number of carboxylic acid groups (broad SMARTS) is 1. The SMILES string of the molecule is Cc1c(N(Cc2ccc(F)c(C(F)(F)F)c2)S(=O)(=O)c2ccc(C(=O)O)cc2)sc2ccccc12.[NaH]. The summed E-state index contributed by atoms with van der Waals surface area (Å²) in [6, 6.07) is 14.0. The van der Waals surface area contributed by atoms with Crippen LogP contribution < -0.4 is 4.31 Å². The number of carbonyl (C=O) groups is 1. The van der Waals surface area contributed by atoms with Crippen LogP contribution in [0.5, 0.6) is 0 Å². The number of rotatable bonds is 6. The second kappa shape index (κ2) is 10.5. The van der Waals surface area contributed by atoms with Gasteiger partial charge in [-0.2, -0.15) is 13.2 Å². The molecule has 0 spiro atoms. The predicted molar refractivity (Wildman–Crippen MR) is 132 cm³/mol. The molecule has 0 saturated heterocycles. The van der Waals surface area contributed by atoms with E-state index in [1.807, 2.05) is 0 Å². The maximum absolute atomic E-state index is 13.8. The van der Waals surface area contributed by atoms with E-state index in [4.69, 9.17) is 5.11 Å². The van der Waals surface area contributed by atoms with Gasteiger partial charge < -0.3 is 5.11 Å². The molecule has 0 saturated carbocycles. The minimum atomic E-state index is -4.95. The first-order valence-corrected chi connectivity index (χ1v) is 12.3. The van der Waals surface area contributed by atoms with Crippen molar-refractivity contribution in [2.45, 2.75) is 24.5 Å². The predicted octanol–water partition coefficient (Wildman–Crippen LogP) is 5.81. The second-order valence-corrected chi connectivity index (χ2v) is 10.6. The number of fused-ring (bicyclic) bond motifs is 1. The molecule has 4 rings (SSSR count). The number of hydrogen-bond acceptors (Lipinski definition) is 4. The molecule has 184 valence electrons. The average molecular weight is 548 g/mol. The Bertz CT molecular complexity index is 1530. The van der Waals surface area contributed by atoms with Crippen LogP contribution in [-0.2, 0) is 22.7 Å². The molecular weight excluding hydrogens is 529 g/mol. The monoisotopic (exact) mass is 547 g/mol. The molecule has 0 atom stereocenters. The Balaban J connectivity index is 0.00000361. The standard InChI is InChI=1S/C24H17F4NO4S2.Na.H/c1-14-18-4-2-3-5-21(18)34-22(14)29(13-15-6-11-20(25)19(12-15)24(26,27)28)35(32,33)17-9-7-16(8-10-17)23(30)31;;/h2-12H,13H2,1H3,(H,30,31);;. The molecule has 0 bridgehead atoms. The van der Waals surface area contributed by atoms with Crippen LogP contribution in [0.2, 0.25) is 0 Å². The molecule has 0 aliphatic carbocycles. The molecule has 4 aromatic rings. The van der Waals surface area contributed by atoms with Crippen molar-refractivity contribution in [3.05, 3.63) is 94.8 Å². The van der Waals surface area contributed by atoms with Crippen molar-refractivity contribution in [3.8, 4) is 0 Å². The van der Waals surface area contributed by atoms with Gasteiger partial charge in [-0.3, -0.25) is 4.31 Å². The summed E-state index contributed by atoms with van der Waals surface area (Å²) in [6.45, 7) is 1.20. The molecule has 1 N–H and O–H groups in total. The summed E-state index contributed by atoms with van der Waals surface area (Å²) in [5.74, 6) is -2.70. The number of sulfonamides is 1. The fourth-order valence-corrected chi connectivity index (χ4v) is 6.55. The number of hydrogen-bond donors (Lipinski definition) is 1. The van der Waals surface area contributed by atoms with Gasteiger partial charge in [-0.05, 0) is 65.9 Å². The summed E-state index contributed by atoms with van der Waals surface area (Å²) in [4.78, 5) is 10.9. The van der Waals surface area contributed by atoms with Crippen LogP contribution in [0.3, 0.4) is 0 Å². The minimum absolute atomic E-state index is 0. The van der Waals surface area contributed by atoms with E-state index in [9.17, 15) is 30.8 Å². The molecule has 12 heteroatoms. The molecule has 1 heterocycles. The second-order valence-electron chi connectivity index (χ2n) is 7.68. The van der Waals surface area contributed by atoms with Gasteiger partial charge in [0.25, 0.3) is 10.0 Å². The van der Waals surface area contributed by atoms with Crippen LogP contribution in [-0.4, -0.2) is 49.1 Å². The van der Waals surface area contributed by atoms with Gasteiger partial charge in [-0.15, -0.1) is 11.3 Å². The number of alkyl halides is 3. The molecule has 0 radical (unpaired) electrons. The quantitative estimate of drug-likeness (QED) is 0.244. The summed E-state index contributed by atoms with van der Waals surface area (Å²) in [7, 11) is -4.35. The number of carboxylic acids is 1. The number of nitrogens with zero attached hydrogens (tertiary/aromatic N) is 1. The summed E-state index contributed by atoms with van der Waals surface area (Å²) >= 11 is 1.15. The van der Waals surface area contributed by atoms with E-state index < -0.39 is 40.1 Å². The Labute approximate surface area is 230 Å². The van der Waals surface area contributed by atoms with Gasteiger partial charge in [0.1, 0.15) is 10.8 Å². The zero-order valence-corrected chi connectivity index (χ0v) is 19.6. The van der Waals surface area contributed by atoms with Crippen molar-refractivity contribution in [3.63, 3.8) is 0 Å². The van der Waals surface area contributed by atoms with Gasteiger partial charge in [0, 0.05) is 4.70 Å². The third-order valence-corrected chi connectivity index (χ3v) is 8.57. The van der Waals surface area contributed by atoms with Crippen molar-refractivity contribution < 1.29 is 35.9 Å². The number of halogens is 4. The van der Waals surface area contributed by atoms with E-state index >= 15 is 0 Å². The van der Waals surface area contributed by atoms with Crippen molar-refractivity contribution >= 4 is 72.0 Å². The van der Waals surface area contributed by atoms with E-state index in [1.54, 1.807) is 31.2 Å². The van der Waals surface area contributed by atoms with Crippen LogP contribution in [0.1, 0.15) is 27.0 Å². The van der Waals surface area contributed by atoms with Crippen LogP contribution in [0.15, 0.2) is 71.6 Å². The maximum atomic E-state index is 13.8. The van der Waals surface area contributed by atoms with E-state index in [1.165, 1.54) is 0 Å². The van der Waals surface area contributed by atoms with Crippen molar-refractivity contribution in [1.29, 1.82) is 0 Å². The third-order valence-electron chi connectivity index (χ3n) is 5.40. The van der Waals surface area contributed by atoms with Crippen LogP contribution >= 0.6 is 11.3 Å². The first-order valence-electron chi connectivity index (χ1n) is 10.1. The van der Waals surface area contributed by atoms with Gasteiger partial charge >= 0.3 is 41.7 Å². The first kappa shape index (κ1) is 28.1. The number of aromatic carboxylic acids is 1. The number of aryl methyl sites for hydroxylation is 1. The van der Waals surface area contributed by atoms with Gasteiger partial charge in [0.2, 0.25) is 0 Å². The third kappa shape index (κ3) is 5.45. The van der Waals surface area contributed by atoms with Crippen LogP contribution in [0.4, 0.5) is 22.6 Å². The Morgan fingerprint density at radius 3 is 2.25 bits per heavy atom. The van der Waals surface area contributed by atoms with Crippen molar-refractivity contribution in [2.24, 2.45) is 0 Å². The van der Waals surface area contributed by atoms with E-state index in [2.05, 4.69) is 0 Å². The zero-order chi connectivity index (χ0) is 25.5. The molecule has 0 aliphatic heterocycles. The summed E-state index contributed by atoms with van der Waals surface area (Å²) in [6.07, 6.45) is -4.95. The van der Waals surface area contributed by atoms with Gasteiger partial charge in [0.15, 0.2) is 0 Å². The molecule has 1 aromatic heterocycles. The molecule has 5 nitrogen and oxygen atoms in total. The first-order chi connectivity index (χ1) is 16.4. The van der Waals surface area contributed by atoms with Crippen LogP contribution in [0.25, 0.3) is 10.1 Å². The van der Waals surface area contributed by atoms with Gasteiger partial charge in [0.05, 0.1) is 22.6 Å². The number of anilines is 1. The van der Waals surface area contributed by atoms with Gasteiger partial charge in [-0.1, -0.05) is 24.3 Å². The van der Waals surface area contributed by atoms with E-state index in [-0.39, 0.29) is 50.6 Å². The normalized spacial score (nSPS) is 11.8. The van der Waals surface area contributed by atoms with Crippen LogP contribution in [0, 0.1) is 12.7 Å². The molecule has 0 aliphatic rings. The fourth-order valence-electron chi connectivity index (χ4n) is 3.62. The number of thiophene rings is 1. The molecule has 0 amide bonds. The number of benzene rings is 3. The Kier molecular flexibility index (Phi) is 8.21. The fraction of sp³-hybridized carbons (Fsp3) is 0.125. The van der Waals surface area contributed by atoms with Gasteiger partial charge in [-0.25, -0.2) is 17.6 Å². The zero-order valence-electron chi connectivity index (χ0n) is 18.0. The van der Waals surface area contributed by atoms with Crippen molar-refractivity contribution in [1.82, 2.24) is 0 Å². The Morgan fingerprint density at radius 2 is 1.67 bits per heavy atom. The molecule has 36 heavy (non-hydrogen) atoms. The summed E-state index contributed by atoms with van der Waals surface area (Å²) in [5.41, 5.74) is -1.08. The summed E-state index contributed by atoms with van der Waals surface area (Å²) < 4.78 is 82.8.